The number of benzene rings is 1. The molecule has 110 valence electrons. The van der Waals surface area contributed by atoms with Crippen LogP contribution in [0.5, 0.6) is 0 Å². The molecular formula is C11H7F2N3O4S. The highest BCUT2D eigenvalue weighted by Gasteiger charge is 2.22. The minimum Gasteiger partial charge on any atom is -0.278 e. The van der Waals surface area contributed by atoms with Crippen molar-refractivity contribution in [3.05, 3.63) is 58.3 Å². The van der Waals surface area contributed by atoms with Gasteiger partial charge in [0.1, 0.15) is 5.82 Å². The molecule has 0 atom stereocenters. The predicted octanol–water partition coefficient (Wildman–Crippen LogP) is 2.07. The number of nitro benzene ring substituents is 1. The molecule has 0 radical (unpaired) electrons. The molecule has 0 saturated carbocycles. The molecule has 1 aromatic heterocycles. The number of sulfonamides is 1. The van der Waals surface area contributed by atoms with Crippen LogP contribution in [0.3, 0.4) is 0 Å². The van der Waals surface area contributed by atoms with E-state index in [0.29, 0.717) is 6.07 Å². The molecule has 2 aromatic rings. The lowest BCUT2D eigenvalue weighted by Gasteiger charge is -2.07. The Bertz CT molecular complexity index is 811. The summed E-state index contributed by atoms with van der Waals surface area (Å²) in [4.78, 5) is 13.1. The first-order valence-corrected chi connectivity index (χ1v) is 6.86. The third kappa shape index (κ3) is 3.28. The Morgan fingerprint density at radius 1 is 1.24 bits per heavy atom. The summed E-state index contributed by atoms with van der Waals surface area (Å²) < 4.78 is 52.3. The summed E-state index contributed by atoms with van der Waals surface area (Å²) in [5, 5.41) is 9.69. The fourth-order valence-electron chi connectivity index (χ4n) is 1.51. The maximum absolute atomic E-state index is 13.4. The molecule has 10 heteroatoms. The van der Waals surface area contributed by atoms with Gasteiger partial charge in [0.15, 0.2) is 5.82 Å². The van der Waals surface area contributed by atoms with Gasteiger partial charge in [0.25, 0.3) is 15.7 Å². The monoisotopic (exact) mass is 315 g/mol. The zero-order valence-electron chi connectivity index (χ0n) is 10.2. The van der Waals surface area contributed by atoms with E-state index in [9.17, 15) is 27.3 Å². The van der Waals surface area contributed by atoms with E-state index in [1.54, 1.807) is 0 Å². The van der Waals surface area contributed by atoms with Crippen LogP contribution in [0.2, 0.25) is 0 Å². The second kappa shape index (κ2) is 5.40. The van der Waals surface area contributed by atoms with Crippen molar-refractivity contribution in [1.82, 2.24) is 4.98 Å². The molecular weight excluding hydrogens is 308 g/mol. The number of nitrogens with zero attached hydrogens (tertiary/aromatic N) is 2. The first-order valence-electron chi connectivity index (χ1n) is 5.38. The predicted molar refractivity (Wildman–Crippen MR) is 68.1 cm³/mol. The summed E-state index contributed by atoms with van der Waals surface area (Å²) in [6, 6.07) is 4.24. The fraction of sp³-hybridized carbons (Fsp3) is 0. The summed E-state index contributed by atoms with van der Waals surface area (Å²) >= 11 is 0. The fourth-order valence-corrected chi connectivity index (χ4v) is 2.56. The molecule has 0 bridgehead atoms. The molecule has 0 spiro atoms. The van der Waals surface area contributed by atoms with Crippen LogP contribution in [0.4, 0.5) is 20.2 Å². The number of nitrogens with one attached hydrogen (secondary N) is 1. The normalized spacial score (nSPS) is 11.1. The van der Waals surface area contributed by atoms with Crippen LogP contribution >= 0.6 is 0 Å². The van der Waals surface area contributed by atoms with Crippen LogP contribution in [-0.2, 0) is 10.0 Å². The minimum atomic E-state index is -4.43. The van der Waals surface area contributed by atoms with Crippen molar-refractivity contribution in [2.24, 2.45) is 0 Å². The van der Waals surface area contributed by atoms with E-state index < -0.39 is 43.0 Å². The average molecular weight is 315 g/mol. The molecule has 1 aromatic carbocycles. The van der Waals surface area contributed by atoms with Gasteiger partial charge in [-0.2, -0.15) is 8.42 Å². The molecule has 1 heterocycles. The lowest BCUT2D eigenvalue weighted by atomic mass is 10.3. The zero-order chi connectivity index (χ0) is 15.6. The summed E-state index contributed by atoms with van der Waals surface area (Å²) in [6.45, 7) is 0. The number of halogens is 2. The van der Waals surface area contributed by atoms with Crippen LogP contribution in [0.1, 0.15) is 0 Å². The van der Waals surface area contributed by atoms with E-state index in [0.717, 1.165) is 24.4 Å². The second-order valence-corrected chi connectivity index (χ2v) is 5.45. The Labute approximate surface area is 117 Å². The Morgan fingerprint density at radius 2 is 1.95 bits per heavy atom. The molecule has 7 nitrogen and oxygen atoms in total. The molecule has 0 saturated heterocycles. The van der Waals surface area contributed by atoms with Gasteiger partial charge >= 0.3 is 0 Å². The first-order chi connectivity index (χ1) is 9.79. The molecule has 0 aliphatic carbocycles. The molecule has 2 rings (SSSR count). The maximum Gasteiger partial charge on any atom is 0.282 e. The molecule has 0 fully saturated rings. The topological polar surface area (TPSA) is 102 Å². The number of nitro groups is 1. The van der Waals surface area contributed by atoms with Crippen molar-refractivity contribution in [1.29, 1.82) is 0 Å². The second-order valence-electron chi connectivity index (χ2n) is 3.85. The third-order valence-electron chi connectivity index (χ3n) is 2.32. The van der Waals surface area contributed by atoms with Gasteiger partial charge in [-0.3, -0.25) is 14.8 Å². The van der Waals surface area contributed by atoms with Crippen molar-refractivity contribution in [3.63, 3.8) is 0 Å². The summed E-state index contributed by atoms with van der Waals surface area (Å²) in [7, 11) is -4.43. The van der Waals surface area contributed by atoms with Gasteiger partial charge in [0.2, 0.25) is 5.03 Å². The lowest BCUT2D eigenvalue weighted by Crippen LogP contribution is -2.16. The largest absolute Gasteiger partial charge is 0.282 e. The highest BCUT2D eigenvalue weighted by molar-refractivity contribution is 7.92. The molecule has 0 unspecified atom stereocenters. The molecule has 1 N–H and O–H groups in total. The van der Waals surface area contributed by atoms with Crippen molar-refractivity contribution in [2.45, 2.75) is 5.03 Å². The van der Waals surface area contributed by atoms with Crippen molar-refractivity contribution < 1.29 is 22.1 Å². The summed E-state index contributed by atoms with van der Waals surface area (Å²) in [6.07, 6.45) is 1.06. The van der Waals surface area contributed by atoms with Gasteiger partial charge in [-0.1, -0.05) is 0 Å². The quantitative estimate of drug-likeness (QED) is 0.687. The Kier molecular flexibility index (Phi) is 3.80. The molecule has 0 aliphatic heterocycles. The summed E-state index contributed by atoms with van der Waals surface area (Å²) in [5.41, 5.74) is -1.05. The van der Waals surface area contributed by atoms with Gasteiger partial charge < -0.3 is 0 Å². The van der Waals surface area contributed by atoms with Crippen LogP contribution in [0.15, 0.2) is 41.6 Å². The van der Waals surface area contributed by atoms with E-state index in [1.807, 2.05) is 4.72 Å². The lowest BCUT2D eigenvalue weighted by molar-refractivity contribution is -0.385. The minimum absolute atomic E-state index is 0.410. The zero-order valence-corrected chi connectivity index (χ0v) is 11.0. The van der Waals surface area contributed by atoms with Gasteiger partial charge in [-0.15, -0.1) is 0 Å². The average Bonchev–Trinajstić information content (AvgIpc) is 2.37. The maximum atomic E-state index is 13.4. The number of hydrogen-bond donors (Lipinski definition) is 1. The van der Waals surface area contributed by atoms with Crippen molar-refractivity contribution >= 4 is 21.4 Å². The molecule has 0 aliphatic rings. The van der Waals surface area contributed by atoms with E-state index >= 15 is 0 Å². The Hall–Kier alpha value is -2.62. The number of anilines is 1. The van der Waals surface area contributed by atoms with Gasteiger partial charge in [-0.05, 0) is 18.2 Å². The number of aromatic nitrogens is 1. The highest BCUT2D eigenvalue weighted by Crippen LogP contribution is 2.22. The molecule has 0 amide bonds. The van der Waals surface area contributed by atoms with E-state index in [1.165, 1.54) is 6.07 Å². The number of non-ortho nitro benzene ring substituents is 1. The van der Waals surface area contributed by atoms with E-state index in [-0.39, 0.29) is 0 Å². The van der Waals surface area contributed by atoms with E-state index in [2.05, 4.69) is 4.98 Å². The van der Waals surface area contributed by atoms with E-state index in [4.69, 9.17) is 0 Å². The van der Waals surface area contributed by atoms with Gasteiger partial charge in [-0.25, -0.2) is 13.8 Å². The Morgan fingerprint density at radius 3 is 2.57 bits per heavy atom. The Balaban J connectivity index is 2.42. The van der Waals surface area contributed by atoms with Gasteiger partial charge in [0, 0.05) is 12.3 Å². The number of hydrogen-bond acceptors (Lipinski definition) is 5. The van der Waals surface area contributed by atoms with Crippen molar-refractivity contribution in [2.75, 3.05) is 4.72 Å². The van der Waals surface area contributed by atoms with Gasteiger partial charge in [0.05, 0.1) is 16.7 Å². The van der Waals surface area contributed by atoms with Crippen LogP contribution in [0.25, 0.3) is 0 Å². The smallest absolute Gasteiger partial charge is 0.278 e. The SMILES string of the molecule is O=[N+]([O-])c1cc(F)cc(NS(=O)(=O)c2ncccc2F)c1. The first kappa shape index (κ1) is 14.8. The van der Waals surface area contributed by atoms with Crippen LogP contribution < -0.4 is 4.72 Å². The van der Waals surface area contributed by atoms with Crippen LogP contribution in [0, 0.1) is 21.7 Å². The van der Waals surface area contributed by atoms with Crippen LogP contribution in [-0.4, -0.2) is 18.3 Å². The summed E-state index contributed by atoms with van der Waals surface area (Å²) in [5.74, 6) is -2.11. The highest BCUT2D eigenvalue weighted by atomic mass is 32.2. The molecule has 21 heavy (non-hydrogen) atoms. The van der Waals surface area contributed by atoms with Crippen molar-refractivity contribution in [3.8, 4) is 0 Å². The number of pyridine rings is 1. The standard InChI is InChI=1S/C11H7F2N3O4S/c12-7-4-8(6-9(5-7)16(17)18)15-21(19,20)11-10(13)2-1-3-14-11/h1-6,15H. The third-order valence-corrected chi connectivity index (χ3v) is 3.64. The number of rotatable bonds is 4.